The zero-order valence-corrected chi connectivity index (χ0v) is 10.9. The number of carboxylic acids is 1. The summed E-state index contributed by atoms with van der Waals surface area (Å²) in [6, 6.07) is 3.81. The molecular weight excluding hydrogens is 270 g/mol. The van der Waals surface area contributed by atoms with Crippen LogP contribution in [0.3, 0.4) is 0 Å². The molecule has 19 heavy (non-hydrogen) atoms. The van der Waals surface area contributed by atoms with E-state index in [0.717, 1.165) is 4.90 Å². The Labute approximate surface area is 114 Å². The van der Waals surface area contributed by atoms with E-state index in [1.807, 2.05) is 0 Å². The van der Waals surface area contributed by atoms with Crippen LogP contribution in [0.25, 0.3) is 0 Å². The fraction of sp³-hybridized carbons (Fsp3) is 0.154. The Morgan fingerprint density at radius 1 is 1.16 bits per heavy atom. The van der Waals surface area contributed by atoms with Crippen LogP contribution in [0.2, 0.25) is 5.02 Å². The number of carboxylic acid groups (broad SMARTS) is 1. The van der Waals surface area contributed by atoms with Crippen molar-refractivity contribution in [2.75, 3.05) is 4.90 Å². The van der Waals surface area contributed by atoms with Crippen LogP contribution in [-0.4, -0.2) is 17.8 Å². The first kappa shape index (κ1) is 13.3. The summed E-state index contributed by atoms with van der Waals surface area (Å²) in [6.07, 6.45) is 0. The second-order valence-corrected chi connectivity index (χ2v) is 4.55. The number of carbonyl (C=O) groups is 3. The standard InChI is InChI=1S/C13H10ClNO4/c1-6-7(2)12(17)15(11(6)16)8-3-4-9(13(18)19)10(14)5-8/h3-5H,1-2H3,(H,18,19)/p-1. The first-order valence-electron chi connectivity index (χ1n) is 5.41. The molecule has 98 valence electrons. The van der Waals surface area contributed by atoms with E-state index < -0.39 is 17.8 Å². The van der Waals surface area contributed by atoms with Crippen LogP contribution in [0.15, 0.2) is 29.3 Å². The molecule has 0 radical (unpaired) electrons. The summed E-state index contributed by atoms with van der Waals surface area (Å²) >= 11 is 5.79. The maximum atomic E-state index is 11.9. The molecule has 0 saturated heterocycles. The summed E-state index contributed by atoms with van der Waals surface area (Å²) in [5, 5.41) is 10.7. The van der Waals surface area contributed by atoms with Gasteiger partial charge >= 0.3 is 0 Å². The normalized spacial score (nSPS) is 15.4. The van der Waals surface area contributed by atoms with Gasteiger partial charge in [-0.2, -0.15) is 0 Å². The second-order valence-electron chi connectivity index (χ2n) is 4.15. The van der Waals surface area contributed by atoms with Gasteiger partial charge in [-0.3, -0.25) is 9.59 Å². The molecule has 1 aromatic rings. The van der Waals surface area contributed by atoms with Crippen LogP contribution in [0.1, 0.15) is 24.2 Å². The molecule has 0 saturated carbocycles. The molecule has 1 aromatic carbocycles. The number of halogens is 1. The van der Waals surface area contributed by atoms with Gasteiger partial charge in [-0.05, 0) is 32.0 Å². The van der Waals surface area contributed by atoms with Crippen LogP contribution in [0, 0.1) is 0 Å². The first-order chi connectivity index (χ1) is 8.84. The van der Waals surface area contributed by atoms with Crippen molar-refractivity contribution in [1.82, 2.24) is 0 Å². The zero-order valence-electron chi connectivity index (χ0n) is 10.2. The minimum atomic E-state index is -1.42. The van der Waals surface area contributed by atoms with Crippen molar-refractivity contribution in [2.45, 2.75) is 13.8 Å². The molecule has 6 heteroatoms. The Balaban J connectivity index is 2.46. The lowest BCUT2D eigenvalue weighted by atomic mass is 10.2. The molecule has 0 fully saturated rings. The van der Waals surface area contributed by atoms with Crippen molar-refractivity contribution < 1.29 is 19.5 Å². The predicted molar refractivity (Wildman–Crippen MR) is 66.6 cm³/mol. The van der Waals surface area contributed by atoms with E-state index in [1.54, 1.807) is 13.8 Å². The van der Waals surface area contributed by atoms with Gasteiger partial charge in [0.2, 0.25) is 0 Å². The average molecular weight is 279 g/mol. The summed E-state index contributed by atoms with van der Waals surface area (Å²) in [4.78, 5) is 35.6. The summed E-state index contributed by atoms with van der Waals surface area (Å²) in [7, 11) is 0. The Hall–Kier alpha value is -2.14. The molecule has 0 aliphatic carbocycles. The Kier molecular flexibility index (Phi) is 3.16. The predicted octanol–water partition coefficient (Wildman–Crippen LogP) is 0.913. The van der Waals surface area contributed by atoms with Crippen molar-refractivity contribution in [1.29, 1.82) is 0 Å². The fourth-order valence-corrected chi connectivity index (χ4v) is 2.04. The molecule has 5 nitrogen and oxygen atoms in total. The van der Waals surface area contributed by atoms with Crippen LogP contribution < -0.4 is 10.0 Å². The number of hydrogen-bond donors (Lipinski definition) is 0. The number of anilines is 1. The molecule has 0 spiro atoms. The van der Waals surface area contributed by atoms with Gasteiger partial charge < -0.3 is 9.90 Å². The maximum Gasteiger partial charge on any atom is 0.261 e. The second kappa shape index (κ2) is 4.51. The topological polar surface area (TPSA) is 77.5 Å². The number of amides is 2. The van der Waals surface area contributed by atoms with Gasteiger partial charge in [0.05, 0.1) is 16.7 Å². The molecule has 0 aromatic heterocycles. The van der Waals surface area contributed by atoms with Gasteiger partial charge in [0, 0.05) is 16.7 Å². The van der Waals surface area contributed by atoms with Crippen LogP contribution in [0.4, 0.5) is 5.69 Å². The van der Waals surface area contributed by atoms with E-state index in [2.05, 4.69) is 0 Å². The quantitative estimate of drug-likeness (QED) is 0.754. The lowest BCUT2D eigenvalue weighted by Gasteiger charge is -2.16. The summed E-state index contributed by atoms with van der Waals surface area (Å²) in [5.74, 6) is -2.28. The largest absolute Gasteiger partial charge is 0.545 e. The third-order valence-electron chi connectivity index (χ3n) is 3.04. The molecule has 2 amide bonds. The van der Waals surface area contributed by atoms with E-state index in [4.69, 9.17) is 11.6 Å². The Bertz CT molecular complexity index is 624. The smallest absolute Gasteiger partial charge is 0.261 e. The number of carbonyl (C=O) groups excluding carboxylic acids is 3. The number of nitrogens with zero attached hydrogens (tertiary/aromatic N) is 1. The highest BCUT2D eigenvalue weighted by Crippen LogP contribution is 2.29. The number of aromatic carboxylic acids is 1. The number of hydrogen-bond acceptors (Lipinski definition) is 4. The van der Waals surface area contributed by atoms with E-state index in [9.17, 15) is 19.5 Å². The first-order valence-corrected chi connectivity index (χ1v) is 5.79. The van der Waals surface area contributed by atoms with Gasteiger partial charge in [-0.1, -0.05) is 11.6 Å². The van der Waals surface area contributed by atoms with E-state index in [0.29, 0.717) is 11.1 Å². The molecule has 0 bridgehead atoms. The highest BCUT2D eigenvalue weighted by Gasteiger charge is 2.34. The van der Waals surface area contributed by atoms with E-state index in [-0.39, 0.29) is 16.3 Å². The van der Waals surface area contributed by atoms with Crippen molar-refractivity contribution in [3.63, 3.8) is 0 Å². The third-order valence-corrected chi connectivity index (χ3v) is 3.35. The minimum Gasteiger partial charge on any atom is -0.545 e. The van der Waals surface area contributed by atoms with Crippen LogP contribution >= 0.6 is 11.6 Å². The maximum absolute atomic E-state index is 11.9. The summed E-state index contributed by atoms with van der Waals surface area (Å²) in [5.41, 5.74) is 0.780. The molecule has 1 heterocycles. The summed E-state index contributed by atoms with van der Waals surface area (Å²) < 4.78 is 0. The van der Waals surface area contributed by atoms with Gasteiger partial charge in [0.1, 0.15) is 0 Å². The molecule has 0 unspecified atom stereocenters. The fourth-order valence-electron chi connectivity index (χ4n) is 1.79. The molecular formula is C13H9ClNO4-. The lowest BCUT2D eigenvalue weighted by Crippen LogP contribution is -2.31. The van der Waals surface area contributed by atoms with Crippen molar-refractivity contribution in [3.8, 4) is 0 Å². The Morgan fingerprint density at radius 2 is 1.68 bits per heavy atom. The SMILES string of the molecule is CC1=C(C)C(=O)N(c2ccc(C(=O)[O-])c(Cl)c2)C1=O. The average Bonchev–Trinajstić information content (AvgIpc) is 2.53. The molecule has 2 rings (SSSR count). The van der Waals surface area contributed by atoms with Gasteiger partial charge in [0.15, 0.2) is 0 Å². The van der Waals surface area contributed by atoms with Crippen LogP contribution in [-0.2, 0) is 9.59 Å². The van der Waals surface area contributed by atoms with Crippen LogP contribution in [0.5, 0.6) is 0 Å². The van der Waals surface area contributed by atoms with E-state index >= 15 is 0 Å². The summed E-state index contributed by atoms with van der Waals surface area (Å²) in [6.45, 7) is 3.12. The number of imide groups is 1. The third kappa shape index (κ3) is 2.02. The highest BCUT2D eigenvalue weighted by molar-refractivity contribution is 6.35. The van der Waals surface area contributed by atoms with Gasteiger partial charge in [0.25, 0.3) is 11.8 Å². The number of benzene rings is 1. The van der Waals surface area contributed by atoms with Gasteiger partial charge in [-0.15, -0.1) is 0 Å². The van der Waals surface area contributed by atoms with E-state index in [1.165, 1.54) is 18.2 Å². The lowest BCUT2D eigenvalue weighted by molar-refractivity contribution is -0.255. The molecule has 0 atom stereocenters. The zero-order chi connectivity index (χ0) is 14.3. The molecule has 0 N–H and O–H groups in total. The van der Waals surface area contributed by atoms with Crippen molar-refractivity contribution in [2.24, 2.45) is 0 Å². The Morgan fingerprint density at radius 3 is 2.11 bits per heavy atom. The van der Waals surface area contributed by atoms with Crippen molar-refractivity contribution >= 4 is 35.1 Å². The monoisotopic (exact) mass is 278 g/mol. The highest BCUT2D eigenvalue weighted by atomic mass is 35.5. The van der Waals surface area contributed by atoms with Crippen molar-refractivity contribution in [3.05, 3.63) is 39.9 Å². The van der Waals surface area contributed by atoms with Gasteiger partial charge in [-0.25, -0.2) is 4.90 Å². The number of rotatable bonds is 2. The minimum absolute atomic E-state index is 0.0830. The molecule has 1 aliphatic heterocycles. The molecule has 1 aliphatic rings.